The Morgan fingerprint density at radius 3 is 2.17 bits per heavy atom. The fraction of sp³-hybridized carbons (Fsp3) is 0.185. The van der Waals surface area contributed by atoms with Gasteiger partial charge in [-0.05, 0) is 57.4 Å². The lowest BCUT2D eigenvalue weighted by Gasteiger charge is -2.15. The Kier molecular flexibility index (Phi) is 7.35. The summed E-state index contributed by atoms with van der Waals surface area (Å²) in [5.74, 6) is -1.64. The second-order valence-corrected chi connectivity index (χ2v) is 10.4. The predicted octanol–water partition coefficient (Wildman–Crippen LogP) is 3.53. The normalized spacial score (nSPS) is 14.8. The van der Waals surface area contributed by atoms with E-state index in [4.69, 9.17) is 0 Å². The van der Waals surface area contributed by atoms with Gasteiger partial charge in [0.25, 0.3) is 11.8 Å². The van der Waals surface area contributed by atoms with Gasteiger partial charge in [-0.2, -0.15) is 0 Å². The number of sulfonamides is 1. The highest BCUT2D eigenvalue weighted by Crippen LogP contribution is 2.42. The number of anilines is 1. The van der Waals surface area contributed by atoms with Gasteiger partial charge < -0.3 is 10.0 Å². The van der Waals surface area contributed by atoms with Crippen molar-refractivity contribution in [3.05, 3.63) is 95.6 Å². The van der Waals surface area contributed by atoms with Crippen LogP contribution in [0.4, 0.5) is 5.69 Å². The zero-order chi connectivity index (χ0) is 25.9. The van der Waals surface area contributed by atoms with Crippen LogP contribution >= 0.6 is 0 Å². The van der Waals surface area contributed by atoms with Crippen molar-refractivity contribution in [1.29, 1.82) is 0 Å². The standard InChI is InChI=1S/C27H27N3O5S/c1-29(2)17-9-16-28-36(34,35)21-14-15-23-22(18-21)24(25(31)19-10-5-3-6-11-19)27(33)30(23)26(32)20-12-7-4-8-13-20/h3-8,10-15,18,28,31H,9,16-17H2,1-2H3/b25-24-. The molecular formula is C27H27N3O5S. The quantitative estimate of drug-likeness (QED) is 0.210. The van der Waals surface area contributed by atoms with E-state index >= 15 is 0 Å². The maximum atomic E-state index is 13.5. The van der Waals surface area contributed by atoms with Crippen LogP contribution in [0.3, 0.4) is 0 Å². The van der Waals surface area contributed by atoms with Crippen LogP contribution < -0.4 is 9.62 Å². The Bertz CT molecular complexity index is 1420. The number of imide groups is 1. The number of hydrogen-bond acceptors (Lipinski definition) is 6. The average Bonchev–Trinajstić information content (AvgIpc) is 3.17. The van der Waals surface area contributed by atoms with Gasteiger partial charge in [-0.15, -0.1) is 0 Å². The van der Waals surface area contributed by atoms with E-state index in [-0.39, 0.29) is 39.6 Å². The molecule has 0 atom stereocenters. The van der Waals surface area contributed by atoms with Crippen LogP contribution in [0.25, 0.3) is 11.3 Å². The fourth-order valence-electron chi connectivity index (χ4n) is 3.98. The summed E-state index contributed by atoms with van der Waals surface area (Å²) in [7, 11) is -0.0797. The first-order valence-corrected chi connectivity index (χ1v) is 12.9. The first-order chi connectivity index (χ1) is 17.2. The third kappa shape index (κ3) is 5.08. The molecule has 0 spiro atoms. The van der Waals surface area contributed by atoms with Crippen LogP contribution in [0.15, 0.2) is 83.8 Å². The van der Waals surface area contributed by atoms with Gasteiger partial charge in [0, 0.05) is 23.2 Å². The van der Waals surface area contributed by atoms with E-state index < -0.39 is 21.8 Å². The van der Waals surface area contributed by atoms with Crippen molar-refractivity contribution in [1.82, 2.24) is 9.62 Å². The molecule has 0 unspecified atom stereocenters. The number of benzene rings is 3. The average molecular weight is 506 g/mol. The molecule has 0 aliphatic carbocycles. The SMILES string of the molecule is CN(C)CCCNS(=O)(=O)c1ccc2c(c1)/C(=C(/O)c1ccccc1)C(=O)N2C(=O)c1ccccc1. The highest BCUT2D eigenvalue weighted by Gasteiger charge is 2.40. The Morgan fingerprint density at radius 1 is 0.944 bits per heavy atom. The monoisotopic (exact) mass is 505 g/mol. The van der Waals surface area contributed by atoms with E-state index in [1.54, 1.807) is 60.7 Å². The smallest absolute Gasteiger partial charge is 0.269 e. The second kappa shape index (κ2) is 10.4. The lowest BCUT2D eigenvalue weighted by atomic mass is 10.0. The zero-order valence-electron chi connectivity index (χ0n) is 20.0. The molecule has 0 saturated heterocycles. The third-order valence-electron chi connectivity index (χ3n) is 5.79. The van der Waals surface area contributed by atoms with Crippen LogP contribution in [0.5, 0.6) is 0 Å². The molecule has 3 aromatic rings. The maximum Gasteiger partial charge on any atom is 0.269 e. The van der Waals surface area contributed by atoms with E-state index in [0.717, 1.165) is 11.4 Å². The highest BCUT2D eigenvalue weighted by molar-refractivity contribution is 7.89. The van der Waals surface area contributed by atoms with Crippen molar-refractivity contribution in [2.24, 2.45) is 0 Å². The van der Waals surface area contributed by atoms with Gasteiger partial charge in [0.05, 0.1) is 16.2 Å². The number of nitrogens with one attached hydrogen (secondary N) is 1. The molecule has 0 saturated carbocycles. The number of fused-ring (bicyclic) bond motifs is 1. The molecule has 0 radical (unpaired) electrons. The Balaban J connectivity index is 1.79. The molecular weight excluding hydrogens is 478 g/mol. The van der Waals surface area contributed by atoms with E-state index in [0.29, 0.717) is 12.0 Å². The summed E-state index contributed by atoms with van der Waals surface area (Å²) in [4.78, 5) is 29.7. The van der Waals surface area contributed by atoms with E-state index in [1.165, 1.54) is 18.2 Å². The van der Waals surface area contributed by atoms with Crippen molar-refractivity contribution < 1.29 is 23.1 Å². The molecule has 36 heavy (non-hydrogen) atoms. The van der Waals surface area contributed by atoms with Gasteiger partial charge in [-0.1, -0.05) is 48.5 Å². The molecule has 1 aliphatic rings. The molecule has 2 N–H and O–H groups in total. The minimum absolute atomic E-state index is 0.0636. The molecule has 2 amide bonds. The van der Waals surface area contributed by atoms with E-state index in [1.807, 2.05) is 19.0 Å². The maximum absolute atomic E-state index is 13.5. The number of carbonyl (C=O) groups is 2. The number of hydrogen-bond donors (Lipinski definition) is 2. The molecule has 1 aliphatic heterocycles. The molecule has 0 aromatic heterocycles. The van der Waals surface area contributed by atoms with Crippen molar-refractivity contribution >= 4 is 38.9 Å². The van der Waals surface area contributed by atoms with E-state index in [2.05, 4.69) is 4.72 Å². The summed E-state index contributed by atoms with van der Waals surface area (Å²) in [6.45, 7) is 0.961. The topological polar surface area (TPSA) is 107 Å². The number of carbonyl (C=O) groups excluding carboxylic acids is 2. The summed E-state index contributed by atoms with van der Waals surface area (Å²) in [6, 6.07) is 20.8. The summed E-state index contributed by atoms with van der Waals surface area (Å²) in [5, 5.41) is 11.1. The zero-order valence-corrected chi connectivity index (χ0v) is 20.8. The van der Waals surface area contributed by atoms with Crippen LogP contribution in [0.2, 0.25) is 0 Å². The highest BCUT2D eigenvalue weighted by atomic mass is 32.2. The van der Waals surface area contributed by atoms with Crippen molar-refractivity contribution in [3.8, 4) is 0 Å². The van der Waals surface area contributed by atoms with E-state index in [9.17, 15) is 23.1 Å². The molecule has 0 bridgehead atoms. The Morgan fingerprint density at radius 2 is 1.56 bits per heavy atom. The first-order valence-electron chi connectivity index (χ1n) is 11.4. The number of nitrogens with zero attached hydrogens (tertiary/aromatic N) is 2. The van der Waals surface area contributed by atoms with Gasteiger partial charge in [0.2, 0.25) is 10.0 Å². The molecule has 0 fully saturated rings. The molecule has 186 valence electrons. The summed E-state index contributed by atoms with van der Waals surface area (Å²) < 4.78 is 28.5. The van der Waals surface area contributed by atoms with Gasteiger partial charge in [0.1, 0.15) is 5.76 Å². The van der Waals surface area contributed by atoms with Gasteiger partial charge in [-0.3, -0.25) is 9.59 Å². The van der Waals surface area contributed by atoms with Gasteiger partial charge >= 0.3 is 0 Å². The summed E-state index contributed by atoms with van der Waals surface area (Å²) in [5.41, 5.74) is 0.900. The Labute approximate surface area is 210 Å². The molecule has 4 rings (SSSR count). The lowest BCUT2D eigenvalue weighted by Crippen LogP contribution is -2.33. The number of amides is 2. The third-order valence-corrected chi connectivity index (χ3v) is 7.25. The predicted molar refractivity (Wildman–Crippen MR) is 139 cm³/mol. The van der Waals surface area contributed by atoms with Crippen LogP contribution in [0.1, 0.15) is 27.9 Å². The summed E-state index contributed by atoms with van der Waals surface area (Å²) >= 11 is 0. The first kappa shape index (κ1) is 25.3. The molecule has 9 heteroatoms. The largest absolute Gasteiger partial charge is 0.506 e. The van der Waals surface area contributed by atoms with Crippen molar-refractivity contribution in [2.45, 2.75) is 11.3 Å². The van der Waals surface area contributed by atoms with Crippen LogP contribution in [-0.2, 0) is 14.8 Å². The van der Waals surface area contributed by atoms with Crippen LogP contribution in [-0.4, -0.2) is 57.4 Å². The summed E-state index contributed by atoms with van der Waals surface area (Å²) in [6.07, 6.45) is 0.620. The fourth-order valence-corrected chi connectivity index (χ4v) is 5.08. The second-order valence-electron chi connectivity index (χ2n) is 8.63. The van der Waals surface area contributed by atoms with Crippen molar-refractivity contribution in [2.75, 3.05) is 32.1 Å². The number of aliphatic hydroxyl groups excluding tert-OH is 1. The Hall–Kier alpha value is -3.79. The van der Waals surface area contributed by atoms with Gasteiger partial charge in [-0.25, -0.2) is 18.0 Å². The van der Waals surface area contributed by atoms with Crippen LogP contribution in [0, 0.1) is 0 Å². The molecule has 8 nitrogen and oxygen atoms in total. The molecule has 1 heterocycles. The lowest BCUT2D eigenvalue weighted by molar-refractivity contribution is -0.112. The number of aliphatic hydroxyl groups is 1. The van der Waals surface area contributed by atoms with Crippen molar-refractivity contribution in [3.63, 3.8) is 0 Å². The number of rotatable bonds is 8. The molecule has 3 aromatic carbocycles. The minimum atomic E-state index is -3.89. The van der Waals surface area contributed by atoms with Gasteiger partial charge in [0.15, 0.2) is 0 Å². The minimum Gasteiger partial charge on any atom is -0.506 e.